The van der Waals surface area contributed by atoms with E-state index in [1.165, 1.54) is 16.0 Å². The highest BCUT2D eigenvalue weighted by Gasteiger charge is 2.38. The zero-order valence-corrected chi connectivity index (χ0v) is 23.9. The number of carbonyl (C=O) groups is 3. The molecule has 240 valence electrons. The Balaban J connectivity index is 0.000000548. The standard InChI is InChI=1S/C21H30N6OS.2C2HF3O2/c1-13-3-5-15(6-4-13)9-14(2)11-25-21(28)27-19(22)24-12-16-7-8-17-18(10-16)29-20(23)26-17;2*3-2(4,5)1(6)7/h3-6,14,16H,7-12H2,1-2H3,(H2,23,26)(H4,22,24,25,27,28);2*(H,6,7). The zero-order valence-electron chi connectivity index (χ0n) is 23.1. The number of aryl methyl sites for hydroxylation is 2. The number of nitrogen functional groups attached to an aromatic ring is 1. The number of nitrogens with two attached hydrogens (primary N) is 2. The number of rotatable bonds is 6. The van der Waals surface area contributed by atoms with Crippen LogP contribution in [-0.2, 0) is 28.9 Å². The van der Waals surface area contributed by atoms with Crippen LogP contribution in [0.4, 0.5) is 36.3 Å². The zero-order chi connectivity index (χ0) is 33.0. The number of fused-ring (bicyclic) bond motifs is 1. The van der Waals surface area contributed by atoms with Crippen LogP contribution in [0, 0.1) is 18.8 Å². The number of guanidine groups is 1. The third-order valence-electron chi connectivity index (χ3n) is 5.62. The predicted molar refractivity (Wildman–Crippen MR) is 146 cm³/mol. The number of carboxylic acid groups (broad SMARTS) is 2. The summed E-state index contributed by atoms with van der Waals surface area (Å²) in [6.07, 6.45) is -6.40. The van der Waals surface area contributed by atoms with Gasteiger partial charge in [-0.1, -0.05) is 36.8 Å². The number of thiazole rings is 1. The van der Waals surface area contributed by atoms with Crippen LogP contribution in [-0.4, -0.2) is 64.6 Å². The lowest BCUT2D eigenvalue weighted by Gasteiger charge is -2.19. The Morgan fingerprint density at radius 2 is 1.63 bits per heavy atom. The van der Waals surface area contributed by atoms with Crippen LogP contribution >= 0.6 is 11.3 Å². The molecule has 1 aliphatic rings. The van der Waals surface area contributed by atoms with Crippen molar-refractivity contribution in [3.63, 3.8) is 0 Å². The second kappa shape index (κ2) is 16.5. The number of aromatic nitrogens is 1. The Bertz CT molecular complexity index is 1230. The van der Waals surface area contributed by atoms with Gasteiger partial charge in [-0.15, -0.1) is 11.3 Å². The second-order valence-corrected chi connectivity index (χ2v) is 10.6. The summed E-state index contributed by atoms with van der Waals surface area (Å²) in [5.74, 6) is -4.63. The molecule has 2 atom stereocenters. The third-order valence-corrected chi connectivity index (χ3v) is 6.57. The highest BCUT2D eigenvalue weighted by molar-refractivity contribution is 7.15. The van der Waals surface area contributed by atoms with E-state index in [-0.39, 0.29) is 12.0 Å². The molecule has 1 aliphatic carbocycles. The van der Waals surface area contributed by atoms with Gasteiger partial charge in [0.15, 0.2) is 11.1 Å². The summed E-state index contributed by atoms with van der Waals surface area (Å²) in [5, 5.41) is 20.4. The molecule has 43 heavy (non-hydrogen) atoms. The van der Waals surface area contributed by atoms with E-state index in [9.17, 15) is 31.1 Å². The number of carbonyl (C=O) groups excluding carboxylic acids is 1. The fourth-order valence-electron chi connectivity index (χ4n) is 3.51. The summed E-state index contributed by atoms with van der Waals surface area (Å²) < 4.78 is 63.5. The number of aliphatic carboxylic acids is 2. The summed E-state index contributed by atoms with van der Waals surface area (Å²) in [4.78, 5) is 39.8. The molecular weight excluding hydrogens is 610 g/mol. The maximum absolute atomic E-state index is 12.1. The number of hydrogen-bond donors (Lipinski definition) is 6. The first-order valence-corrected chi connectivity index (χ1v) is 13.3. The van der Waals surface area contributed by atoms with Crippen molar-refractivity contribution in [2.45, 2.75) is 51.9 Å². The van der Waals surface area contributed by atoms with Crippen LogP contribution in [0.2, 0.25) is 0 Å². The van der Waals surface area contributed by atoms with E-state index < -0.39 is 24.3 Å². The molecular formula is C25H32F6N6O5S. The number of nitrogens with zero attached hydrogens (tertiary/aromatic N) is 2. The van der Waals surface area contributed by atoms with Gasteiger partial charge < -0.3 is 27.0 Å². The minimum Gasteiger partial charge on any atom is -0.475 e. The van der Waals surface area contributed by atoms with Crippen molar-refractivity contribution in [2.75, 3.05) is 18.8 Å². The quantitative estimate of drug-likeness (QED) is 0.155. The minimum atomic E-state index is -5.08. The molecule has 1 heterocycles. The molecule has 1 aromatic carbocycles. The average Bonchev–Trinajstić information content (AvgIpc) is 3.26. The molecule has 0 radical (unpaired) electrons. The smallest absolute Gasteiger partial charge is 0.475 e. The van der Waals surface area contributed by atoms with Crippen molar-refractivity contribution in [3.8, 4) is 0 Å². The topological polar surface area (TPSA) is 193 Å². The number of anilines is 1. The maximum Gasteiger partial charge on any atom is 0.490 e. The van der Waals surface area contributed by atoms with Crippen LogP contribution in [0.1, 0.15) is 35.0 Å². The first kappa shape index (κ1) is 36.9. The van der Waals surface area contributed by atoms with Gasteiger partial charge in [-0.2, -0.15) is 26.3 Å². The Hall–Kier alpha value is -4.09. The molecule has 0 fully saturated rings. The molecule has 0 aliphatic heterocycles. The normalized spacial score (nSPS) is 15.4. The van der Waals surface area contributed by atoms with Crippen molar-refractivity contribution in [3.05, 3.63) is 46.0 Å². The fraction of sp³-hybridized carbons (Fsp3) is 0.480. The number of alkyl halides is 6. The average molecular weight is 643 g/mol. The summed E-state index contributed by atoms with van der Waals surface area (Å²) >= 11 is 1.56. The van der Waals surface area contributed by atoms with Gasteiger partial charge in [-0.25, -0.2) is 19.4 Å². The first-order valence-electron chi connectivity index (χ1n) is 12.5. The van der Waals surface area contributed by atoms with E-state index in [0.29, 0.717) is 30.1 Å². The number of halogens is 6. The lowest BCUT2D eigenvalue weighted by molar-refractivity contribution is -0.193. The van der Waals surface area contributed by atoms with Crippen molar-refractivity contribution < 1.29 is 50.9 Å². The van der Waals surface area contributed by atoms with Crippen molar-refractivity contribution >= 4 is 40.4 Å². The van der Waals surface area contributed by atoms with E-state index in [4.69, 9.17) is 31.3 Å². The van der Waals surface area contributed by atoms with E-state index in [1.807, 2.05) is 0 Å². The van der Waals surface area contributed by atoms with Crippen LogP contribution in [0.15, 0.2) is 29.3 Å². The lowest BCUT2D eigenvalue weighted by Crippen LogP contribution is -2.45. The monoisotopic (exact) mass is 642 g/mol. The molecule has 2 aromatic rings. The number of nitrogens with one attached hydrogen (secondary N) is 2. The molecule has 1 aromatic heterocycles. The van der Waals surface area contributed by atoms with Gasteiger partial charge in [0.05, 0.1) is 5.69 Å². The number of urea groups is 1. The molecule has 8 N–H and O–H groups in total. The van der Waals surface area contributed by atoms with Gasteiger partial charge in [0, 0.05) is 18.0 Å². The molecule has 0 spiro atoms. The lowest BCUT2D eigenvalue weighted by atomic mass is 9.91. The predicted octanol–water partition coefficient (Wildman–Crippen LogP) is 3.90. The van der Waals surface area contributed by atoms with Gasteiger partial charge in [0.2, 0.25) is 0 Å². The highest BCUT2D eigenvalue weighted by Crippen LogP contribution is 2.31. The largest absolute Gasteiger partial charge is 0.490 e. The molecule has 0 bridgehead atoms. The highest BCUT2D eigenvalue weighted by atomic mass is 32.1. The maximum atomic E-state index is 12.1. The van der Waals surface area contributed by atoms with Crippen LogP contribution in [0.25, 0.3) is 0 Å². The van der Waals surface area contributed by atoms with Crippen molar-refractivity contribution in [2.24, 2.45) is 22.6 Å². The van der Waals surface area contributed by atoms with E-state index >= 15 is 0 Å². The van der Waals surface area contributed by atoms with Gasteiger partial charge in [-0.05, 0) is 50.0 Å². The summed E-state index contributed by atoms with van der Waals surface area (Å²) in [6, 6.07) is 8.16. The van der Waals surface area contributed by atoms with E-state index in [0.717, 1.165) is 31.4 Å². The van der Waals surface area contributed by atoms with E-state index in [1.54, 1.807) is 11.3 Å². The SMILES string of the molecule is Cc1ccc(CC(C)CNC(=O)NC(N)=NCC2CCc3nc(N)sc3C2)cc1.O=C(O)C(F)(F)F.O=C(O)C(F)(F)F. The van der Waals surface area contributed by atoms with Crippen LogP contribution in [0.5, 0.6) is 0 Å². The fourth-order valence-corrected chi connectivity index (χ4v) is 4.51. The number of amides is 2. The second-order valence-electron chi connectivity index (χ2n) is 9.49. The van der Waals surface area contributed by atoms with Crippen LogP contribution in [0.3, 0.4) is 0 Å². The Morgan fingerprint density at radius 1 is 1.09 bits per heavy atom. The van der Waals surface area contributed by atoms with Gasteiger partial charge in [0.25, 0.3) is 0 Å². The molecule has 18 heteroatoms. The van der Waals surface area contributed by atoms with Gasteiger partial charge in [0.1, 0.15) is 0 Å². The molecule has 0 saturated heterocycles. The van der Waals surface area contributed by atoms with Crippen molar-refractivity contribution in [1.82, 2.24) is 15.6 Å². The molecule has 3 rings (SSSR count). The molecule has 2 unspecified atom stereocenters. The number of hydrogen-bond acceptors (Lipinski definition) is 7. The minimum absolute atomic E-state index is 0.156. The number of benzene rings is 1. The van der Waals surface area contributed by atoms with E-state index in [2.05, 4.69) is 58.7 Å². The molecule has 11 nitrogen and oxygen atoms in total. The number of carboxylic acids is 2. The summed E-state index contributed by atoms with van der Waals surface area (Å²) in [6.45, 7) is 5.35. The van der Waals surface area contributed by atoms with Gasteiger partial charge in [-0.3, -0.25) is 10.3 Å². The number of aliphatic imine (C=N–C) groups is 1. The van der Waals surface area contributed by atoms with Gasteiger partial charge >= 0.3 is 30.3 Å². The Morgan fingerprint density at radius 3 is 2.14 bits per heavy atom. The summed E-state index contributed by atoms with van der Waals surface area (Å²) in [7, 11) is 0. The molecule has 0 saturated carbocycles. The first-order chi connectivity index (χ1) is 19.8. The third kappa shape index (κ3) is 15.1. The molecule has 2 amide bonds. The van der Waals surface area contributed by atoms with Crippen molar-refractivity contribution in [1.29, 1.82) is 0 Å². The summed E-state index contributed by atoms with van der Waals surface area (Å²) in [5.41, 5.74) is 15.3. The Labute approximate surface area is 246 Å². The Kier molecular flexibility index (Phi) is 14.2. The van der Waals surface area contributed by atoms with Crippen LogP contribution < -0.4 is 22.1 Å².